The normalized spacial score (nSPS) is 10.9. The van der Waals surface area contributed by atoms with E-state index in [-0.39, 0.29) is 11.7 Å². The van der Waals surface area contributed by atoms with Crippen molar-refractivity contribution in [3.05, 3.63) is 77.0 Å². The molecule has 2 aromatic carbocycles. The first-order valence-corrected chi connectivity index (χ1v) is 9.10. The topological polar surface area (TPSA) is 68.5 Å². The van der Waals surface area contributed by atoms with Crippen molar-refractivity contribution in [1.29, 1.82) is 0 Å². The summed E-state index contributed by atoms with van der Waals surface area (Å²) in [6, 6.07) is 11.0. The smallest absolute Gasteiger partial charge is 0.259 e. The van der Waals surface area contributed by atoms with E-state index in [9.17, 15) is 9.18 Å². The summed E-state index contributed by atoms with van der Waals surface area (Å²) in [6.07, 6.45) is 3.13. The number of hydrogen-bond donors (Lipinski definition) is 1. The Bertz CT molecular complexity index is 1220. The summed E-state index contributed by atoms with van der Waals surface area (Å²) in [7, 11) is 1.51. The zero-order chi connectivity index (χ0) is 20.5. The van der Waals surface area contributed by atoms with E-state index in [2.05, 4.69) is 15.4 Å². The van der Waals surface area contributed by atoms with Crippen LogP contribution in [-0.2, 0) is 0 Å². The first-order chi connectivity index (χ1) is 14.0. The van der Waals surface area contributed by atoms with Gasteiger partial charge in [0.15, 0.2) is 5.65 Å². The molecule has 0 aliphatic heterocycles. The van der Waals surface area contributed by atoms with Gasteiger partial charge in [-0.05, 0) is 42.8 Å². The number of hydrogen-bond acceptors (Lipinski definition) is 4. The summed E-state index contributed by atoms with van der Waals surface area (Å²) in [5, 5.41) is 7.62. The Balaban J connectivity index is 1.70. The number of carbonyl (C=O) groups excluding carboxylic acids is 1. The Morgan fingerprint density at radius 3 is 2.66 bits per heavy atom. The van der Waals surface area contributed by atoms with E-state index in [4.69, 9.17) is 16.3 Å². The number of anilines is 1. The number of fused-ring (bicyclic) bond motifs is 1. The predicted octanol–water partition coefficient (Wildman–Crippen LogP) is 4.76. The monoisotopic (exact) mass is 410 g/mol. The lowest BCUT2D eigenvalue weighted by Gasteiger charge is -2.12. The molecule has 2 heterocycles. The second-order valence-electron chi connectivity index (χ2n) is 6.36. The molecular weight excluding hydrogens is 395 g/mol. The van der Waals surface area contributed by atoms with Crippen molar-refractivity contribution in [2.75, 3.05) is 12.4 Å². The van der Waals surface area contributed by atoms with Gasteiger partial charge in [-0.2, -0.15) is 5.10 Å². The summed E-state index contributed by atoms with van der Waals surface area (Å²) < 4.78 is 20.1. The van der Waals surface area contributed by atoms with Crippen LogP contribution in [0.4, 0.5) is 10.1 Å². The molecule has 8 heteroatoms. The van der Waals surface area contributed by atoms with Crippen LogP contribution in [-0.4, -0.2) is 27.6 Å². The fourth-order valence-corrected chi connectivity index (χ4v) is 3.24. The average molecular weight is 411 g/mol. The highest BCUT2D eigenvalue weighted by molar-refractivity contribution is 6.31. The molecule has 0 bridgehead atoms. The van der Waals surface area contributed by atoms with Gasteiger partial charge in [0.2, 0.25) is 0 Å². The summed E-state index contributed by atoms with van der Waals surface area (Å²) in [5.41, 5.74) is 3.53. The molecule has 1 N–H and O–H groups in total. The number of benzene rings is 2. The van der Waals surface area contributed by atoms with Gasteiger partial charge in [-0.3, -0.25) is 4.79 Å². The zero-order valence-electron chi connectivity index (χ0n) is 15.6. The van der Waals surface area contributed by atoms with Crippen LogP contribution in [0, 0.1) is 12.7 Å². The van der Waals surface area contributed by atoms with Gasteiger partial charge >= 0.3 is 0 Å². The van der Waals surface area contributed by atoms with Gasteiger partial charge in [-0.1, -0.05) is 23.7 Å². The maximum atomic E-state index is 13.2. The summed E-state index contributed by atoms with van der Waals surface area (Å²) in [5.74, 6) is -0.187. The third kappa shape index (κ3) is 3.52. The van der Waals surface area contributed by atoms with Gasteiger partial charge in [0.1, 0.15) is 11.6 Å². The number of ether oxygens (including phenoxy) is 1. The lowest BCUT2D eigenvalue weighted by Crippen LogP contribution is -2.16. The number of nitrogens with zero attached hydrogens (tertiary/aromatic N) is 3. The number of amides is 1. The summed E-state index contributed by atoms with van der Waals surface area (Å²) in [6.45, 7) is 1.78. The number of rotatable bonds is 4. The van der Waals surface area contributed by atoms with Crippen LogP contribution < -0.4 is 10.1 Å². The molecule has 0 spiro atoms. The fraction of sp³-hybridized carbons (Fsp3) is 0.0952. The summed E-state index contributed by atoms with van der Waals surface area (Å²) >= 11 is 6.03. The van der Waals surface area contributed by atoms with Crippen molar-refractivity contribution < 1.29 is 13.9 Å². The minimum absolute atomic E-state index is 0.315. The molecule has 146 valence electrons. The Morgan fingerprint density at radius 2 is 1.93 bits per heavy atom. The minimum Gasteiger partial charge on any atom is -0.495 e. The zero-order valence-corrected chi connectivity index (χ0v) is 16.4. The largest absolute Gasteiger partial charge is 0.495 e. The number of carbonyl (C=O) groups is 1. The molecule has 1 amide bonds. The number of aryl methyl sites for hydroxylation is 1. The third-order valence-electron chi connectivity index (χ3n) is 4.58. The van der Waals surface area contributed by atoms with Crippen molar-refractivity contribution in [3.8, 4) is 16.9 Å². The molecule has 0 saturated heterocycles. The highest BCUT2D eigenvalue weighted by Crippen LogP contribution is 2.29. The lowest BCUT2D eigenvalue weighted by atomic mass is 10.1. The third-order valence-corrected chi connectivity index (χ3v) is 4.81. The van der Waals surface area contributed by atoms with Crippen molar-refractivity contribution in [3.63, 3.8) is 0 Å². The molecule has 4 rings (SSSR count). The van der Waals surface area contributed by atoms with Crippen LogP contribution in [0.5, 0.6) is 5.75 Å². The molecule has 0 aliphatic carbocycles. The first-order valence-electron chi connectivity index (χ1n) is 8.72. The fourth-order valence-electron chi connectivity index (χ4n) is 3.07. The van der Waals surface area contributed by atoms with E-state index >= 15 is 0 Å². The number of halogens is 2. The molecule has 0 fully saturated rings. The van der Waals surface area contributed by atoms with E-state index in [1.54, 1.807) is 48.0 Å². The molecule has 0 aliphatic rings. The highest BCUT2D eigenvalue weighted by atomic mass is 35.5. The maximum absolute atomic E-state index is 13.2. The molecule has 2 aromatic heterocycles. The van der Waals surface area contributed by atoms with E-state index < -0.39 is 0 Å². The first kappa shape index (κ1) is 18.9. The van der Waals surface area contributed by atoms with Gasteiger partial charge < -0.3 is 10.1 Å². The van der Waals surface area contributed by atoms with Gasteiger partial charge in [-0.15, -0.1) is 0 Å². The van der Waals surface area contributed by atoms with E-state index in [0.717, 1.165) is 11.1 Å². The van der Waals surface area contributed by atoms with Gasteiger partial charge in [0.25, 0.3) is 5.91 Å². The standard InChI is InChI=1S/C21H16ClFN4O2/c1-12-16(21(28)26-18-9-14(22)5-8-19(18)29-2)10-24-20-17(11-25-27(12)20)13-3-6-15(23)7-4-13/h3-11H,1-2H3,(H,26,28). The van der Waals surface area contributed by atoms with Crippen molar-refractivity contribution in [2.45, 2.75) is 6.92 Å². The van der Waals surface area contributed by atoms with Crippen molar-refractivity contribution >= 4 is 28.8 Å². The molecule has 0 radical (unpaired) electrons. The number of nitrogens with one attached hydrogen (secondary N) is 1. The Hall–Kier alpha value is -3.45. The molecule has 0 saturated carbocycles. The maximum Gasteiger partial charge on any atom is 0.259 e. The van der Waals surface area contributed by atoms with Crippen LogP contribution in [0.25, 0.3) is 16.8 Å². The Morgan fingerprint density at radius 1 is 1.17 bits per heavy atom. The van der Waals surface area contributed by atoms with Crippen LogP contribution in [0.15, 0.2) is 54.9 Å². The van der Waals surface area contributed by atoms with Crippen LogP contribution >= 0.6 is 11.6 Å². The van der Waals surface area contributed by atoms with E-state index in [1.165, 1.54) is 25.4 Å². The van der Waals surface area contributed by atoms with E-state index in [0.29, 0.717) is 33.4 Å². The second kappa shape index (κ2) is 7.52. The second-order valence-corrected chi connectivity index (χ2v) is 6.79. The molecule has 29 heavy (non-hydrogen) atoms. The number of aromatic nitrogens is 3. The average Bonchev–Trinajstić information content (AvgIpc) is 3.14. The Kier molecular flexibility index (Phi) is 4.90. The van der Waals surface area contributed by atoms with Crippen molar-refractivity contribution in [1.82, 2.24) is 14.6 Å². The van der Waals surface area contributed by atoms with Crippen LogP contribution in [0.3, 0.4) is 0 Å². The molecule has 4 aromatic rings. The van der Waals surface area contributed by atoms with Crippen LogP contribution in [0.1, 0.15) is 16.1 Å². The summed E-state index contributed by atoms with van der Waals surface area (Å²) in [4.78, 5) is 17.3. The van der Waals surface area contributed by atoms with Crippen molar-refractivity contribution in [2.24, 2.45) is 0 Å². The van der Waals surface area contributed by atoms with Crippen LogP contribution in [0.2, 0.25) is 5.02 Å². The Labute approximate surface area is 170 Å². The van der Waals surface area contributed by atoms with Gasteiger partial charge in [0, 0.05) is 16.8 Å². The highest BCUT2D eigenvalue weighted by Gasteiger charge is 2.18. The lowest BCUT2D eigenvalue weighted by molar-refractivity contribution is 0.102. The molecular formula is C21H16ClFN4O2. The molecule has 0 atom stereocenters. The molecule has 6 nitrogen and oxygen atoms in total. The quantitative estimate of drug-likeness (QED) is 0.526. The van der Waals surface area contributed by atoms with Gasteiger partial charge in [0.05, 0.1) is 30.3 Å². The minimum atomic E-state index is -0.365. The SMILES string of the molecule is COc1ccc(Cl)cc1NC(=O)c1cnc2c(-c3ccc(F)cc3)cnn2c1C. The van der Waals surface area contributed by atoms with Gasteiger partial charge in [-0.25, -0.2) is 13.9 Å². The van der Waals surface area contributed by atoms with E-state index in [1.807, 2.05) is 0 Å². The molecule has 0 unspecified atom stereocenters. The predicted molar refractivity (Wildman–Crippen MR) is 109 cm³/mol. The number of methoxy groups -OCH3 is 1.